The summed E-state index contributed by atoms with van der Waals surface area (Å²) in [6.07, 6.45) is 3.19. The molecule has 1 amide bonds. The third kappa shape index (κ3) is 4.29. The first-order valence-electron chi connectivity index (χ1n) is 7.91. The number of nitrogens with one attached hydrogen (secondary N) is 2. The summed E-state index contributed by atoms with van der Waals surface area (Å²) in [5.41, 5.74) is 1.91. The molecule has 132 valence electrons. The van der Waals surface area contributed by atoms with Gasteiger partial charge in [0.25, 0.3) is 5.91 Å². The zero-order valence-corrected chi connectivity index (χ0v) is 14.8. The van der Waals surface area contributed by atoms with Crippen LogP contribution in [0.15, 0.2) is 60.9 Å². The number of rotatable bonds is 6. The van der Waals surface area contributed by atoms with Crippen molar-refractivity contribution in [1.29, 1.82) is 0 Å². The smallest absolute Gasteiger partial charge is 0.259 e. The highest BCUT2D eigenvalue weighted by Crippen LogP contribution is 2.21. The van der Waals surface area contributed by atoms with Crippen LogP contribution in [0.2, 0.25) is 5.15 Å². The molecule has 0 radical (unpaired) electrons. The summed E-state index contributed by atoms with van der Waals surface area (Å²) in [6.45, 7) is 0.523. The van der Waals surface area contributed by atoms with Crippen molar-refractivity contribution >= 4 is 29.0 Å². The van der Waals surface area contributed by atoms with E-state index >= 15 is 0 Å². The summed E-state index contributed by atoms with van der Waals surface area (Å²) in [4.78, 5) is 20.8. The van der Waals surface area contributed by atoms with E-state index in [9.17, 15) is 4.79 Å². The number of methoxy groups -OCH3 is 1. The molecule has 26 heavy (non-hydrogen) atoms. The molecule has 0 saturated heterocycles. The van der Waals surface area contributed by atoms with Gasteiger partial charge in [-0.15, -0.1) is 0 Å². The molecule has 0 saturated carbocycles. The van der Waals surface area contributed by atoms with E-state index in [1.54, 1.807) is 43.8 Å². The van der Waals surface area contributed by atoms with Crippen molar-refractivity contribution in [3.8, 4) is 5.75 Å². The number of nitrogens with zero attached hydrogens (tertiary/aromatic N) is 2. The molecule has 3 rings (SSSR count). The average Bonchev–Trinajstić information content (AvgIpc) is 2.68. The summed E-state index contributed by atoms with van der Waals surface area (Å²) in [5, 5.41) is 6.17. The van der Waals surface area contributed by atoms with Crippen molar-refractivity contribution in [1.82, 2.24) is 9.97 Å². The second kappa shape index (κ2) is 8.31. The normalized spacial score (nSPS) is 10.2. The minimum absolute atomic E-state index is 0.234. The number of amides is 1. The van der Waals surface area contributed by atoms with Crippen LogP contribution in [-0.4, -0.2) is 23.0 Å². The molecule has 7 heteroatoms. The van der Waals surface area contributed by atoms with Crippen LogP contribution in [0.4, 0.5) is 11.5 Å². The van der Waals surface area contributed by atoms with Crippen LogP contribution in [0, 0.1) is 0 Å². The van der Waals surface area contributed by atoms with Gasteiger partial charge in [0.05, 0.1) is 18.4 Å². The number of aromatic nitrogens is 2. The Labute approximate surface area is 156 Å². The minimum atomic E-state index is -0.315. The van der Waals surface area contributed by atoms with Gasteiger partial charge in [-0.2, -0.15) is 0 Å². The number of benzene rings is 1. The Morgan fingerprint density at radius 1 is 1.08 bits per heavy atom. The van der Waals surface area contributed by atoms with Gasteiger partial charge in [-0.1, -0.05) is 23.7 Å². The van der Waals surface area contributed by atoms with E-state index in [4.69, 9.17) is 16.3 Å². The van der Waals surface area contributed by atoms with Crippen molar-refractivity contribution in [3.63, 3.8) is 0 Å². The van der Waals surface area contributed by atoms with Gasteiger partial charge in [-0.05, 0) is 42.0 Å². The van der Waals surface area contributed by atoms with Gasteiger partial charge in [0, 0.05) is 18.9 Å². The summed E-state index contributed by atoms with van der Waals surface area (Å²) >= 11 is 5.99. The van der Waals surface area contributed by atoms with Gasteiger partial charge in [0.15, 0.2) is 5.15 Å². The molecule has 0 atom stereocenters. The molecular weight excluding hydrogens is 352 g/mol. The van der Waals surface area contributed by atoms with E-state index in [1.165, 1.54) is 0 Å². The zero-order valence-electron chi connectivity index (χ0n) is 14.1. The SMILES string of the molecule is COc1ccc(CNc2ncccc2C(=O)Nc2cccnc2Cl)cc1. The highest BCUT2D eigenvalue weighted by atomic mass is 35.5. The van der Waals surface area contributed by atoms with E-state index in [0.29, 0.717) is 23.6 Å². The predicted octanol–water partition coefficient (Wildman–Crippen LogP) is 4.00. The molecule has 2 aromatic heterocycles. The first-order valence-corrected chi connectivity index (χ1v) is 8.29. The molecule has 0 spiro atoms. The Kier molecular flexibility index (Phi) is 5.66. The topological polar surface area (TPSA) is 76.1 Å². The number of carbonyl (C=O) groups excluding carboxylic acids is 1. The standard InChI is InChI=1S/C19H17ClN4O2/c1-26-14-8-6-13(7-9-14)12-23-18-15(4-2-11-22-18)19(25)24-16-5-3-10-21-17(16)20/h2-11H,12H2,1H3,(H,22,23)(H,24,25). The number of pyridine rings is 2. The van der Waals surface area contributed by atoms with E-state index < -0.39 is 0 Å². The van der Waals surface area contributed by atoms with Crippen molar-refractivity contribution in [3.05, 3.63) is 77.2 Å². The summed E-state index contributed by atoms with van der Waals surface area (Å²) in [7, 11) is 1.63. The molecule has 0 unspecified atom stereocenters. The molecular formula is C19H17ClN4O2. The Morgan fingerprint density at radius 3 is 2.54 bits per heavy atom. The lowest BCUT2D eigenvalue weighted by Crippen LogP contribution is -2.16. The van der Waals surface area contributed by atoms with Crippen molar-refractivity contribution in [2.45, 2.75) is 6.54 Å². The fourth-order valence-corrected chi connectivity index (χ4v) is 2.49. The molecule has 0 aliphatic carbocycles. The highest BCUT2D eigenvalue weighted by Gasteiger charge is 2.14. The van der Waals surface area contributed by atoms with E-state index in [0.717, 1.165) is 11.3 Å². The molecule has 2 N–H and O–H groups in total. The lowest BCUT2D eigenvalue weighted by atomic mass is 10.2. The van der Waals surface area contributed by atoms with Crippen molar-refractivity contribution in [2.24, 2.45) is 0 Å². The minimum Gasteiger partial charge on any atom is -0.497 e. The van der Waals surface area contributed by atoms with Gasteiger partial charge >= 0.3 is 0 Å². The number of anilines is 2. The monoisotopic (exact) mass is 368 g/mol. The summed E-state index contributed by atoms with van der Waals surface area (Å²) in [5.74, 6) is 0.964. The third-order valence-electron chi connectivity index (χ3n) is 3.68. The first-order chi connectivity index (χ1) is 12.7. The number of hydrogen-bond acceptors (Lipinski definition) is 5. The van der Waals surface area contributed by atoms with Gasteiger partial charge in [0.1, 0.15) is 11.6 Å². The average molecular weight is 369 g/mol. The van der Waals surface area contributed by atoms with Crippen LogP contribution in [0.5, 0.6) is 5.75 Å². The zero-order chi connectivity index (χ0) is 18.4. The molecule has 0 fully saturated rings. The molecule has 0 aliphatic rings. The lowest BCUT2D eigenvalue weighted by molar-refractivity contribution is 0.102. The van der Waals surface area contributed by atoms with Gasteiger partial charge in [-0.25, -0.2) is 9.97 Å². The van der Waals surface area contributed by atoms with Crippen LogP contribution < -0.4 is 15.4 Å². The number of carbonyl (C=O) groups is 1. The van der Waals surface area contributed by atoms with E-state index in [1.807, 2.05) is 24.3 Å². The van der Waals surface area contributed by atoms with Crippen LogP contribution in [-0.2, 0) is 6.54 Å². The molecule has 1 aromatic carbocycles. The first kappa shape index (κ1) is 17.7. The molecule has 3 aromatic rings. The molecule has 0 bridgehead atoms. The Morgan fingerprint density at radius 2 is 1.81 bits per heavy atom. The third-order valence-corrected chi connectivity index (χ3v) is 3.98. The number of hydrogen-bond donors (Lipinski definition) is 2. The van der Waals surface area contributed by atoms with Crippen LogP contribution in [0.1, 0.15) is 15.9 Å². The van der Waals surface area contributed by atoms with Gasteiger partial charge in [0.2, 0.25) is 0 Å². The van der Waals surface area contributed by atoms with E-state index in [2.05, 4.69) is 20.6 Å². The number of halogens is 1. The van der Waals surface area contributed by atoms with Crippen molar-refractivity contribution < 1.29 is 9.53 Å². The van der Waals surface area contributed by atoms with Gasteiger partial charge in [-0.3, -0.25) is 4.79 Å². The largest absolute Gasteiger partial charge is 0.497 e. The maximum atomic E-state index is 12.6. The Balaban J connectivity index is 1.73. The molecule has 6 nitrogen and oxygen atoms in total. The highest BCUT2D eigenvalue weighted by molar-refractivity contribution is 6.32. The second-order valence-corrected chi connectivity index (χ2v) is 5.76. The van der Waals surface area contributed by atoms with Gasteiger partial charge < -0.3 is 15.4 Å². The maximum absolute atomic E-state index is 12.6. The van der Waals surface area contributed by atoms with E-state index in [-0.39, 0.29) is 11.1 Å². The predicted molar refractivity (Wildman–Crippen MR) is 102 cm³/mol. The van der Waals surface area contributed by atoms with Crippen LogP contribution >= 0.6 is 11.6 Å². The maximum Gasteiger partial charge on any atom is 0.259 e. The molecule has 0 aliphatic heterocycles. The van der Waals surface area contributed by atoms with Crippen LogP contribution in [0.25, 0.3) is 0 Å². The summed E-state index contributed by atoms with van der Waals surface area (Å²) in [6, 6.07) is 14.5. The van der Waals surface area contributed by atoms with Crippen molar-refractivity contribution in [2.75, 3.05) is 17.7 Å². The Hall–Kier alpha value is -3.12. The fraction of sp³-hybridized carbons (Fsp3) is 0.105. The second-order valence-electron chi connectivity index (χ2n) is 5.40. The Bertz CT molecular complexity index is 900. The van der Waals surface area contributed by atoms with Crippen LogP contribution in [0.3, 0.4) is 0 Å². The molecule has 2 heterocycles. The quantitative estimate of drug-likeness (QED) is 0.643. The summed E-state index contributed by atoms with van der Waals surface area (Å²) < 4.78 is 5.15. The lowest BCUT2D eigenvalue weighted by Gasteiger charge is -2.12. The number of ether oxygens (including phenoxy) is 1. The fourth-order valence-electron chi connectivity index (χ4n) is 2.33.